The first-order chi connectivity index (χ1) is 9.90. The van der Waals surface area contributed by atoms with Crippen LogP contribution in [0.15, 0.2) is 22.7 Å². The number of methoxy groups -OCH3 is 1. The maximum Gasteiger partial charge on any atom is 0.250 e. The van der Waals surface area contributed by atoms with Gasteiger partial charge in [0.05, 0.1) is 7.11 Å². The molecule has 0 spiro atoms. The van der Waals surface area contributed by atoms with E-state index < -0.39 is 6.04 Å². The van der Waals surface area contributed by atoms with Gasteiger partial charge in [-0.05, 0) is 24.5 Å². The molecule has 114 valence electrons. The summed E-state index contributed by atoms with van der Waals surface area (Å²) in [5, 5.41) is 2.77. The van der Waals surface area contributed by atoms with Gasteiger partial charge in [0.2, 0.25) is 11.8 Å². The number of nitrogens with one attached hydrogen (secondary N) is 1. The van der Waals surface area contributed by atoms with E-state index in [1.807, 2.05) is 26.0 Å². The second-order valence-electron chi connectivity index (χ2n) is 5.52. The average molecular weight is 355 g/mol. The predicted molar refractivity (Wildman–Crippen MR) is 84.4 cm³/mol. The van der Waals surface area contributed by atoms with Gasteiger partial charge in [0.1, 0.15) is 18.3 Å². The number of nitrogens with zero attached hydrogens (tertiary/aromatic N) is 1. The van der Waals surface area contributed by atoms with E-state index in [0.29, 0.717) is 23.8 Å². The van der Waals surface area contributed by atoms with E-state index in [0.717, 1.165) is 4.47 Å². The maximum atomic E-state index is 12.6. The first-order valence-corrected chi connectivity index (χ1v) is 7.65. The van der Waals surface area contributed by atoms with E-state index in [1.165, 1.54) is 4.90 Å². The summed E-state index contributed by atoms with van der Waals surface area (Å²) in [5.74, 6) is 0.748. The summed E-state index contributed by atoms with van der Waals surface area (Å²) in [6.07, 6.45) is 0.631. The smallest absolute Gasteiger partial charge is 0.250 e. The molecule has 6 heteroatoms. The fourth-order valence-corrected chi connectivity index (χ4v) is 2.84. The Hall–Kier alpha value is -1.56. The third kappa shape index (κ3) is 3.75. The van der Waals surface area contributed by atoms with Gasteiger partial charge in [-0.15, -0.1) is 0 Å². The zero-order valence-corrected chi connectivity index (χ0v) is 13.9. The molecular formula is C15H19BrN2O3. The van der Waals surface area contributed by atoms with Crippen molar-refractivity contribution in [3.63, 3.8) is 0 Å². The van der Waals surface area contributed by atoms with Crippen molar-refractivity contribution < 1.29 is 14.3 Å². The third-order valence-corrected chi connectivity index (χ3v) is 3.77. The number of carbonyl (C=O) groups is 2. The van der Waals surface area contributed by atoms with Crippen LogP contribution < -0.4 is 15.0 Å². The molecule has 1 aromatic rings. The normalized spacial score (nSPS) is 18.9. The molecule has 1 aliphatic rings. The topological polar surface area (TPSA) is 58.6 Å². The Balaban J connectivity index is 2.31. The van der Waals surface area contributed by atoms with E-state index in [9.17, 15) is 9.59 Å². The number of halogens is 1. The van der Waals surface area contributed by atoms with Crippen LogP contribution in [-0.2, 0) is 9.59 Å². The molecule has 1 atom stereocenters. The number of hydrogen-bond acceptors (Lipinski definition) is 3. The summed E-state index contributed by atoms with van der Waals surface area (Å²) in [4.78, 5) is 26.0. The van der Waals surface area contributed by atoms with Crippen LogP contribution in [-0.4, -0.2) is 31.5 Å². The first-order valence-electron chi connectivity index (χ1n) is 6.86. The molecular weight excluding hydrogens is 336 g/mol. The van der Waals surface area contributed by atoms with Crippen LogP contribution in [0.4, 0.5) is 5.69 Å². The number of benzene rings is 1. The zero-order valence-electron chi connectivity index (χ0n) is 12.4. The maximum absolute atomic E-state index is 12.6. The van der Waals surface area contributed by atoms with Gasteiger partial charge >= 0.3 is 0 Å². The van der Waals surface area contributed by atoms with Crippen molar-refractivity contribution >= 4 is 33.4 Å². The van der Waals surface area contributed by atoms with Crippen LogP contribution in [0.5, 0.6) is 5.75 Å². The Morgan fingerprint density at radius 3 is 2.71 bits per heavy atom. The highest BCUT2D eigenvalue weighted by atomic mass is 79.9. The summed E-state index contributed by atoms with van der Waals surface area (Å²) < 4.78 is 6.01. The van der Waals surface area contributed by atoms with Crippen molar-refractivity contribution in [3.05, 3.63) is 22.7 Å². The minimum Gasteiger partial charge on any atom is -0.497 e. The number of anilines is 1. The average Bonchev–Trinajstić information content (AvgIpc) is 2.41. The molecule has 0 saturated carbocycles. The number of hydrogen-bond donors (Lipinski definition) is 1. The number of amides is 2. The van der Waals surface area contributed by atoms with Gasteiger partial charge in [0, 0.05) is 16.2 Å². The lowest BCUT2D eigenvalue weighted by atomic mass is 10.0. The number of ether oxygens (including phenoxy) is 1. The molecule has 1 fully saturated rings. The summed E-state index contributed by atoms with van der Waals surface area (Å²) in [6, 6.07) is 4.92. The minimum atomic E-state index is -0.462. The molecule has 2 amide bonds. The summed E-state index contributed by atoms with van der Waals surface area (Å²) >= 11 is 3.39. The highest BCUT2D eigenvalue weighted by Gasteiger charge is 2.34. The molecule has 0 bridgehead atoms. The number of carbonyl (C=O) groups excluding carboxylic acids is 2. The standard InChI is InChI=1S/C15H19BrN2O3/c1-9(2)4-13-15(20)18(8-14(19)17-13)11-5-10(16)6-12(7-11)21-3/h5-7,9,13H,4,8H2,1-3H3,(H,17,19). The first kappa shape index (κ1) is 15.8. The Labute approximate surface area is 132 Å². The Kier molecular flexibility index (Phi) is 4.88. The molecule has 5 nitrogen and oxygen atoms in total. The van der Waals surface area contributed by atoms with Crippen LogP contribution in [0.2, 0.25) is 0 Å². The summed E-state index contributed by atoms with van der Waals surface area (Å²) in [6.45, 7) is 4.09. The van der Waals surface area contributed by atoms with E-state index in [1.54, 1.807) is 13.2 Å². The Morgan fingerprint density at radius 2 is 2.10 bits per heavy atom. The highest BCUT2D eigenvalue weighted by molar-refractivity contribution is 9.10. The monoisotopic (exact) mass is 354 g/mol. The SMILES string of the molecule is COc1cc(Br)cc(N2CC(=O)NC(CC(C)C)C2=O)c1. The lowest BCUT2D eigenvalue weighted by molar-refractivity contribution is -0.131. The van der Waals surface area contributed by atoms with Crippen LogP contribution in [0.1, 0.15) is 20.3 Å². The number of piperazine rings is 1. The lowest BCUT2D eigenvalue weighted by Crippen LogP contribution is -2.58. The van der Waals surface area contributed by atoms with Crippen LogP contribution >= 0.6 is 15.9 Å². The molecule has 1 saturated heterocycles. The molecule has 0 aromatic heterocycles. The van der Waals surface area contributed by atoms with Crippen molar-refractivity contribution in [2.24, 2.45) is 5.92 Å². The van der Waals surface area contributed by atoms with Crippen LogP contribution in [0, 0.1) is 5.92 Å². The fourth-order valence-electron chi connectivity index (χ4n) is 2.38. The second-order valence-corrected chi connectivity index (χ2v) is 6.44. The third-order valence-electron chi connectivity index (χ3n) is 3.31. The Morgan fingerprint density at radius 1 is 1.38 bits per heavy atom. The van der Waals surface area contributed by atoms with Gasteiger partial charge in [0.15, 0.2) is 0 Å². The van der Waals surface area contributed by atoms with Gasteiger partial charge in [-0.1, -0.05) is 29.8 Å². The number of rotatable bonds is 4. The molecule has 1 heterocycles. The van der Waals surface area contributed by atoms with Gasteiger partial charge in [-0.25, -0.2) is 0 Å². The molecule has 0 aliphatic carbocycles. The summed E-state index contributed by atoms with van der Waals surface area (Å²) in [5.41, 5.74) is 0.662. The predicted octanol–water partition coefficient (Wildman–Crippen LogP) is 2.34. The molecule has 1 N–H and O–H groups in total. The fraction of sp³-hybridized carbons (Fsp3) is 0.467. The minimum absolute atomic E-state index is 0.0348. The van der Waals surface area contributed by atoms with Crippen molar-refractivity contribution in [1.82, 2.24) is 5.32 Å². The van der Waals surface area contributed by atoms with Crippen molar-refractivity contribution in [2.75, 3.05) is 18.6 Å². The van der Waals surface area contributed by atoms with Crippen molar-refractivity contribution in [1.29, 1.82) is 0 Å². The Bertz CT molecular complexity index is 560. The lowest BCUT2D eigenvalue weighted by Gasteiger charge is -2.33. The van der Waals surface area contributed by atoms with E-state index >= 15 is 0 Å². The zero-order chi connectivity index (χ0) is 15.6. The highest BCUT2D eigenvalue weighted by Crippen LogP contribution is 2.28. The molecule has 2 rings (SSSR count). The van der Waals surface area contributed by atoms with Crippen molar-refractivity contribution in [2.45, 2.75) is 26.3 Å². The van der Waals surface area contributed by atoms with Crippen LogP contribution in [0.25, 0.3) is 0 Å². The molecule has 21 heavy (non-hydrogen) atoms. The van der Waals surface area contributed by atoms with E-state index in [-0.39, 0.29) is 18.4 Å². The van der Waals surface area contributed by atoms with Gasteiger partial charge in [0.25, 0.3) is 0 Å². The molecule has 1 aromatic carbocycles. The van der Waals surface area contributed by atoms with E-state index in [4.69, 9.17) is 4.74 Å². The molecule has 1 unspecified atom stereocenters. The van der Waals surface area contributed by atoms with Gasteiger partial charge in [-0.2, -0.15) is 0 Å². The quantitative estimate of drug-likeness (QED) is 0.902. The second kappa shape index (κ2) is 6.47. The van der Waals surface area contributed by atoms with Gasteiger partial charge < -0.3 is 15.0 Å². The van der Waals surface area contributed by atoms with Gasteiger partial charge in [-0.3, -0.25) is 9.59 Å². The van der Waals surface area contributed by atoms with E-state index in [2.05, 4.69) is 21.2 Å². The molecule has 0 radical (unpaired) electrons. The summed E-state index contributed by atoms with van der Waals surface area (Å²) in [7, 11) is 1.57. The van der Waals surface area contributed by atoms with Crippen molar-refractivity contribution in [3.8, 4) is 5.75 Å². The largest absolute Gasteiger partial charge is 0.497 e. The molecule has 1 aliphatic heterocycles. The van der Waals surface area contributed by atoms with Crippen LogP contribution in [0.3, 0.4) is 0 Å².